The monoisotopic (exact) mass is 273 g/mol. The van der Waals surface area contributed by atoms with Gasteiger partial charge in [-0.3, -0.25) is 9.78 Å². The van der Waals surface area contributed by atoms with Gasteiger partial charge < -0.3 is 16.0 Å². The van der Waals surface area contributed by atoms with Crippen molar-refractivity contribution >= 4 is 22.5 Å². The molecule has 1 saturated heterocycles. The number of likely N-dealkylation sites (tertiary alicyclic amines) is 1. The SMILES string of the molecule is CN1CCCC1CNc1nc2ccc(N)cc2c(=O)[nH]1. The number of hydrogen-bond donors (Lipinski definition) is 3. The minimum Gasteiger partial charge on any atom is -0.399 e. The number of hydrogen-bond acceptors (Lipinski definition) is 5. The van der Waals surface area contributed by atoms with E-state index in [2.05, 4.69) is 27.2 Å². The summed E-state index contributed by atoms with van der Waals surface area (Å²) < 4.78 is 0. The quantitative estimate of drug-likeness (QED) is 0.727. The Kier molecular flexibility index (Phi) is 3.31. The fourth-order valence-electron chi connectivity index (χ4n) is 2.69. The molecule has 20 heavy (non-hydrogen) atoms. The average molecular weight is 273 g/mol. The molecule has 0 bridgehead atoms. The Morgan fingerprint density at radius 1 is 1.55 bits per heavy atom. The molecule has 106 valence electrons. The van der Waals surface area contributed by atoms with Crippen molar-refractivity contribution in [1.82, 2.24) is 14.9 Å². The van der Waals surface area contributed by atoms with Gasteiger partial charge in [0.15, 0.2) is 0 Å². The van der Waals surface area contributed by atoms with Crippen LogP contribution in [-0.4, -0.2) is 41.0 Å². The predicted octanol–water partition coefficient (Wildman–Crippen LogP) is 1.01. The molecular formula is C14H19N5O. The van der Waals surface area contributed by atoms with Crippen LogP contribution in [0.3, 0.4) is 0 Å². The standard InChI is InChI=1S/C14H19N5O/c1-19-6-2-3-10(19)8-16-14-17-12-5-4-9(15)7-11(12)13(20)18-14/h4-5,7,10H,2-3,6,8,15H2,1H3,(H2,16,17,18,20). The van der Waals surface area contributed by atoms with Gasteiger partial charge in [-0.1, -0.05) is 0 Å². The molecule has 1 atom stereocenters. The Balaban J connectivity index is 1.82. The first kappa shape index (κ1) is 12.9. The van der Waals surface area contributed by atoms with E-state index in [9.17, 15) is 4.79 Å². The lowest BCUT2D eigenvalue weighted by Gasteiger charge is -2.19. The fraction of sp³-hybridized carbons (Fsp3) is 0.429. The molecule has 1 fully saturated rings. The largest absolute Gasteiger partial charge is 0.399 e. The molecule has 0 aliphatic carbocycles. The van der Waals surface area contributed by atoms with Gasteiger partial charge in [0.25, 0.3) is 5.56 Å². The lowest BCUT2D eigenvalue weighted by molar-refractivity contribution is 0.322. The Labute approximate surface area is 117 Å². The summed E-state index contributed by atoms with van der Waals surface area (Å²) in [5, 5.41) is 3.75. The number of rotatable bonds is 3. The van der Waals surface area contributed by atoms with Crippen LogP contribution in [0.25, 0.3) is 10.9 Å². The second kappa shape index (κ2) is 5.13. The smallest absolute Gasteiger partial charge is 0.260 e. The first-order valence-corrected chi connectivity index (χ1v) is 6.87. The van der Waals surface area contributed by atoms with Crippen molar-refractivity contribution in [3.05, 3.63) is 28.6 Å². The minimum atomic E-state index is -0.162. The van der Waals surface area contributed by atoms with Crippen molar-refractivity contribution in [3.63, 3.8) is 0 Å². The lowest BCUT2D eigenvalue weighted by Crippen LogP contribution is -2.32. The van der Waals surface area contributed by atoms with Gasteiger partial charge >= 0.3 is 0 Å². The Hall–Kier alpha value is -2.08. The minimum absolute atomic E-state index is 0.162. The number of aromatic nitrogens is 2. The second-order valence-corrected chi connectivity index (χ2v) is 5.35. The van der Waals surface area contributed by atoms with Crippen LogP contribution < -0.4 is 16.6 Å². The van der Waals surface area contributed by atoms with E-state index in [1.54, 1.807) is 18.2 Å². The summed E-state index contributed by atoms with van der Waals surface area (Å²) in [6, 6.07) is 5.67. The molecular weight excluding hydrogens is 254 g/mol. The third-order valence-corrected chi connectivity index (χ3v) is 3.91. The molecule has 1 aromatic heterocycles. The molecule has 0 radical (unpaired) electrons. The Morgan fingerprint density at radius 3 is 3.15 bits per heavy atom. The molecule has 0 spiro atoms. The van der Waals surface area contributed by atoms with E-state index in [0.29, 0.717) is 28.6 Å². The molecule has 3 rings (SSSR count). The van der Waals surface area contributed by atoms with Crippen molar-refractivity contribution in [2.24, 2.45) is 0 Å². The van der Waals surface area contributed by atoms with Gasteiger partial charge in [-0.2, -0.15) is 0 Å². The lowest BCUT2D eigenvalue weighted by atomic mass is 10.2. The maximum atomic E-state index is 12.0. The maximum absolute atomic E-state index is 12.0. The van der Waals surface area contributed by atoms with Gasteiger partial charge in [-0.05, 0) is 44.6 Å². The topological polar surface area (TPSA) is 87.0 Å². The van der Waals surface area contributed by atoms with E-state index in [1.807, 2.05) is 0 Å². The summed E-state index contributed by atoms with van der Waals surface area (Å²) in [6.07, 6.45) is 2.40. The predicted molar refractivity (Wildman–Crippen MR) is 80.9 cm³/mol. The Bertz CT molecular complexity index is 681. The van der Waals surface area contributed by atoms with Crippen LogP contribution in [-0.2, 0) is 0 Å². The number of nitrogen functional groups attached to an aromatic ring is 1. The van der Waals surface area contributed by atoms with E-state index in [-0.39, 0.29) is 5.56 Å². The first-order valence-electron chi connectivity index (χ1n) is 6.87. The molecule has 6 nitrogen and oxygen atoms in total. The first-order chi connectivity index (χ1) is 9.63. The number of nitrogens with two attached hydrogens (primary N) is 1. The van der Waals surface area contributed by atoms with Gasteiger partial charge in [-0.25, -0.2) is 4.98 Å². The third kappa shape index (κ3) is 2.46. The molecule has 4 N–H and O–H groups in total. The zero-order valence-corrected chi connectivity index (χ0v) is 11.5. The van der Waals surface area contributed by atoms with Gasteiger partial charge in [-0.15, -0.1) is 0 Å². The number of aromatic amines is 1. The molecule has 2 aromatic rings. The van der Waals surface area contributed by atoms with Crippen molar-refractivity contribution in [2.75, 3.05) is 31.2 Å². The van der Waals surface area contributed by atoms with Crippen molar-refractivity contribution in [2.45, 2.75) is 18.9 Å². The number of nitrogens with one attached hydrogen (secondary N) is 2. The van der Waals surface area contributed by atoms with Gasteiger partial charge in [0.2, 0.25) is 5.95 Å². The number of H-pyrrole nitrogens is 1. The number of likely N-dealkylation sites (N-methyl/N-ethyl adjacent to an activating group) is 1. The summed E-state index contributed by atoms with van der Waals surface area (Å²) in [4.78, 5) is 21.5. The summed E-state index contributed by atoms with van der Waals surface area (Å²) in [5.74, 6) is 0.521. The second-order valence-electron chi connectivity index (χ2n) is 5.35. The third-order valence-electron chi connectivity index (χ3n) is 3.91. The Morgan fingerprint density at radius 2 is 2.40 bits per heavy atom. The molecule has 6 heteroatoms. The highest BCUT2D eigenvalue weighted by atomic mass is 16.1. The zero-order chi connectivity index (χ0) is 14.1. The van der Waals surface area contributed by atoms with E-state index in [4.69, 9.17) is 5.73 Å². The van der Waals surface area contributed by atoms with E-state index in [0.717, 1.165) is 13.1 Å². The van der Waals surface area contributed by atoms with Crippen LogP contribution >= 0.6 is 0 Å². The van der Waals surface area contributed by atoms with Gasteiger partial charge in [0.1, 0.15) is 0 Å². The summed E-state index contributed by atoms with van der Waals surface area (Å²) in [5.41, 5.74) is 6.75. The highest BCUT2D eigenvalue weighted by molar-refractivity contribution is 5.81. The highest BCUT2D eigenvalue weighted by Gasteiger charge is 2.20. The maximum Gasteiger partial charge on any atom is 0.260 e. The number of anilines is 2. The van der Waals surface area contributed by atoms with E-state index in [1.165, 1.54) is 12.8 Å². The van der Waals surface area contributed by atoms with Crippen LogP contribution in [0.2, 0.25) is 0 Å². The molecule has 1 aliphatic rings. The van der Waals surface area contributed by atoms with Crippen LogP contribution in [0.5, 0.6) is 0 Å². The van der Waals surface area contributed by atoms with E-state index < -0.39 is 0 Å². The van der Waals surface area contributed by atoms with Crippen LogP contribution in [0.15, 0.2) is 23.0 Å². The summed E-state index contributed by atoms with van der Waals surface area (Å²) >= 11 is 0. The fourth-order valence-corrected chi connectivity index (χ4v) is 2.69. The zero-order valence-electron chi connectivity index (χ0n) is 11.5. The summed E-state index contributed by atoms with van der Waals surface area (Å²) in [7, 11) is 2.12. The van der Waals surface area contributed by atoms with Crippen molar-refractivity contribution < 1.29 is 0 Å². The number of fused-ring (bicyclic) bond motifs is 1. The summed E-state index contributed by atoms with van der Waals surface area (Å²) in [6.45, 7) is 1.92. The van der Waals surface area contributed by atoms with Crippen LogP contribution in [0.1, 0.15) is 12.8 Å². The normalized spacial score (nSPS) is 19.6. The highest BCUT2D eigenvalue weighted by Crippen LogP contribution is 2.16. The van der Waals surface area contributed by atoms with Crippen LogP contribution in [0, 0.1) is 0 Å². The van der Waals surface area contributed by atoms with E-state index >= 15 is 0 Å². The van der Waals surface area contributed by atoms with Gasteiger partial charge in [0, 0.05) is 18.3 Å². The molecule has 0 amide bonds. The number of benzene rings is 1. The molecule has 0 saturated carbocycles. The molecule has 2 heterocycles. The van der Waals surface area contributed by atoms with Crippen LogP contribution in [0.4, 0.5) is 11.6 Å². The molecule has 1 aliphatic heterocycles. The molecule has 1 unspecified atom stereocenters. The van der Waals surface area contributed by atoms with Crippen molar-refractivity contribution in [3.8, 4) is 0 Å². The number of nitrogens with zero attached hydrogens (tertiary/aromatic N) is 2. The molecule has 1 aromatic carbocycles. The average Bonchev–Trinajstić information content (AvgIpc) is 2.83. The van der Waals surface area contributed by atoms with Gasteiger partial charge in [0.05, 0.1) is 10.9 Å². The van der Waals surface area contributed by atoms with Crippen molar-refractivity contribution in [1.29, 1.82) is 0 Å².